The van der Waals surface area contributed by atoms with Crippen LogP contribution in [0.15, 0.2) is 11.8 Å². The summed E-state index contributed by atoms with van der Waals surface area (Å²) in [5.74, 6) is 1.16. The summed E-state index contributed by atoms with van der Waals surface area (Å²) in [5, 5.41) is 0. The Kier molecular flexibility index (Phi) is 3.05. The smallest absolute Gasteiger partial charge is 0.209 e. The van der Waals surface area contributed by atoms with Gasteiger partial charge in [-0.05, 0) is 6.92 Å². The number of aryl methyl sites for hydroxylation is 1. The van der Waals surface area contributed by atoms with Crippen LogP contribution in [0.25, 0.3) is 0 Å². The minimum Gasteiger partial charge on any atom is -0.383 e. The van der Waals surface area contributed by atoms with Gasteiger partial charge in [-0.1, -0.05) is 6.92 Å². The van der Waals surface area contributed by atoms with Crippen molar-refractivity contribution in [3.8, 4) is 0 Å². The van der Waals surface area contributed by atoms with Gasteiger partial charge in [-0.25, -0.2) is 4.98 Å². The zero-order valence-corrected chi connectivity index (χ0v) is 10.9. The van der Waals surface area contributed by atoms with Crippen molar-refractivity contribution in [2.75, 3.05) is 14.1 Å². The Balaban J connectivity index is 2.45. The number of allylic oxidation sites excluding steroid dienone is 1. The van der Waals surface area contributed by atoms with Crippen LogP contribution in [0.5, 0.6) is 0 Å². The molecular formula is C13H19N3O. The van der Waals surface area contributed by atoms with Crippen LogP contribution in [-0.4, -0.2) is 34.3 Å². The molecule has 0 saturated carbocycles. The molecule has 0 N–H and O–H groups in total. The third kappa shape index (κ3) is 1.88. The molecule has 92 valence electrons. The number of carbonyl (C=O) groups is 1. The van der Waals surface area contributed by atoms with E-state index in [9.17, 15) is 4.79 Å². The first kappa shape index (κ1) is 11.9. The minimum absolute atomic E-state index is 0.141. The molecule has 4 heteroatoms. The van der Waals surface area contributed by atoms with Gasteiger partial charge in [0.1, 0.15) is 11.5 Å². The van der Waals surface area contributed by atoms with Crippen molar-refractivity contribution in [3.63, 3.8) is 0 Å². The SMILES string of the molecule is CCc1nc2c(n1CC)C(=O)/C(=C/N(C)C)C2. The van der Waals surface area contributed by atoms with Crippen LogP contribution in [-0.2, 0) is 19.4 Å². The fourth-order valence-electron chi connectivity index (χ4n) is 2.37. The molecule has 1 aromatic heterocycles. The molecule has 0 bridgehead atoms. The number of aromatic nitrogens is 2. The van der Waals surface area contributed by atoms with Crippen LogP contribution < -0.4 is 0 Å². The number of fused-ring (bicyclic) bond motifs is 1. The molecule has 0 amide bonds. The highest BCUT2D eigenvalue weighted by Crippen LogP contribution is 2.27. The van der Waals surface area contributed by atoms with E-state index in [-0.39, 0.29) is 5.78 Å². The van der Waals surface area contributed by atoms with Gasteiger partial charge in [0.15, 0.2) is 0 Å². The van der Waals surface area contributed by atoms with Gasteiger partial charge < -0.3 is 9.47 Å². The quantitative estimate of drug-likeness (QED) is 0.745. The summed E-state index contributed by atoms with van der Waals surface area (Å²) in [5.41, 5.74) is 2.59. The first-order valence-electron chi connectivity index (χ1n) is 6.08. The van der Waals surface area contributed by atoms with Gasteiger partial charge in [-0.2, -0.15) is 0 Å². The minimum atomic E-state index is 0.141. The lowest BCUT2D eigenvalue weighted by Crippen LogP contribution is -2.12. The molecule has 0 saturated heterocycles. The summed E-state index contributed by atoms with van der Waals surface area (Å²) < 4.78 is 2.05. The molecule has 0 radical (unpaired) electrons. The molecule has 0 unspecified atom stereocenters. The lowest BCUT2D eigenvalue weighted by atomic mass is 10.2. The zero-order chi connectivity index (χ0) is 12.6. The molecule has 4 nitrogen and oxygen atoms in total. The first-order chi connectivity index (χ1) is 8.08. The Hall–Kier alpha value is -1.58. The molecule has 1 aliphatic carbocycles. The van der Waals surface area contributed by atoms with Crippen LogP contribution in [0.2, 0.25) is 0 Å². The second kappa shape index (κ2) is 4.35. The molecule has 0 atom stereocenters. The van der Waals surface area contributed by atoms with Crippen LogP contribution >= 0.6 is 0 Å². The lowest BCUT2D eigenvalue weighted by molar-refractivity contribution is 0.102. The standard InChI is InChI=1S/C13H19N3O/c1-5-11-14-10-7-9(8-15(3)4)13(17)12(10)16(11)6-2/h8H,5-7H2,1-4H3/b9-8+. The van der Waals surface area contributed by atoms with E-state index in [4.69, 9.17) is 0 Å². The average Bonchev–Trinajstić information content (AvgIpc) is 2.76. The lowest BCUT2D eigenvalue weighted by Gasteiger charge is -2.08. The number of hydrogen-bond donors (Lipinski definition) is 0. The van der Waals surface area contributed by atoms with Crippen LogP contribution in [0.3, 0.4) is 0 Å². The van der Waals surface area contributed by atoms with E-state index in [1.54, 1.807) is 0 Å². The fraction of sp³-hybridized carbons (Fsp3) is 0.538. The predicted molar refractivity (Wildman–Crippen MR) is 67.1 cm³/mol. The number of carbonyl (C=O) groups excluding carboxylic acids is 1. The highest BCUT2D eigenvalue weighted by atomic mass is 16.1. The van der Waals surface area contributed by atoms with Crippen molar-refractivity contribution < 1.29 is 4.79 Å². The molecule has 2 rings (SSSR count). The van der Waals surface area contributed by atoms with Gasteiger partial charge >= 0.3 is 0 Å². The summed E-state index contributed by atoms with van der Waals surface area (Å²) in [7, 11) is 3.87. The third-order valence-electron chi connectivity index (χ3n) is 3.03. The van der Waals surface area contributed by atoms with Crippen molar-refractivity contribution in [2.24, 2.45) is 0 Å². The molecule has 17 heavy (non-hydrogen) atoms. The van der Waals surface area contributed by atoms with Gasteiger partial charge in [-0.15, -0.1) is 0 Å². The van der Waals surface area contributed by atoms with E-state index in [0.29, 0.717) is 6.42 Å². The predicted octanol–water partition coefficient (Wildman–Crippen LogP) is 1.65. The second-order valence-corrected chi connectivity index (χ2v) is 4.54. The van der Waals surface area contributed by atoms with Crippen molar-refractivity contribution in [2.45, 2.75) is 33.2 Å². The summed E-state index contributed by atoms with van der Waals surface area (Å²) in [6, 6.07) is 0. The highest BCUT2D eigenvalue weighted by molar-refractivity contribution is 6.11. The Labute approximate surface area is 102 Å². The van der Waals surface area contributed by atoms with Gasteiger partial charge in [0.25, 0.3) is 0 Å². The summed E-state index contributed by atoms with van der Waals surface area (Å²) >= 11 is 0. The number of imidazole rings is 1. The number of ketones is 1. The van der Waals surface area contributed by atoms with E-state index >= 15 is 0 Å². The summed E-state index contributed by atoms with van der Waals surface area (Å²) in [6.45, 7) is 4.94. The van der Waals surface area contributed by atoms with E-state index < -0.39 is 0 Å². The van der Waals surface area contributed by atoms with E-state index in [1.807, 2.05) is 29.8 Å². The second-order valence-electron chi connectivity index (χ2n) is 4.54. The van der Waals surface area contributed by atoms with Gasteiger partial charge in [-0.3, -0.25) is 4.79 Å². The number of nitrogens with zero attached hydrogens (tertiary/aromatic N) is 3. The topological polar surface area (TPSA) is 38.1 Å². The van der Waals surface area contributed by atoms with Gasteiger partial charge in [0.2, 0.25) is 5.78 Å². The van der Waals surface area contributed by atoms with Crippen LogP contribution in [0, 0.1) is 0 Å². The van der Waals surface area contributed by atoms with Crippen LogP contribution in [0.1, 0.15) is 35.9 Å². The van der Waals surface area contributed by atoms with Crippen molar-refractivity contribution in [1.82, 2.24) is 14.5 Å². The maximum atomic E-state index is 12.3. The monoisotopic (exact) mass is 233 g/mol. The Morgan fingerprint density at radius 1 is 1.41 bits per heavy atom. The maximum Gasteiger partial charge on any atom is 0.209 e. The molecule has 1 heterocycles. The van der Waals surface area contributed by atoms with Crippen molar-refractivity contribution in [3.05, 3.63) is 29.0 Å². The third-order valence-corrected chi connectivity index (χ3v) is 3.03. The fourth-order valence-corrected chi connectivity index (χ4v) is 2.37. The summed E-state index contributed by atoms with van der Waals surface area (Å²) in [4.78, 5) is 18.8. The number of hydrogen-bond acceptors (Lipinski definition) is 3. The largest absolute Gasteiger partial charge is 0.383 e. The molecule has 1 aromatic rings. The molecule has 0 fully saturated rings. The van der Waals surface area contributed by atoms with Gasteiger partial charge in [0.05, 0.1) is 5.69 Å². The van der Waals surface area contributed by atoms with Gasteiger partial charge in [0, 0.05) is 45.3 Å². The molecule has 0 aromatic carbocycles. The number of Topliss-reactive ketones (excluding diaryl/α,β-unsaturated/α-hetero) is 1. The van der Waals surface area contributed by atoms with Crippen molar-refractivity contribution in [1.29, 1.82) is 0 Å². The zero-order valence-electron chi connectivity index (χ0n) is 10.9. The highest BCUT2D eigenvalue weighted by Gasteiger charge is 2.31. The molecule has 0 spiro atoms. The molecule has 0 aliphatic heterocycles. The summed E-state index contributed by atoms with van der Waals surface area (Å²) in [6.07, 6.45) is 3.45. The first-order valence-corrected chi connectivity index (χ1v) is 6.08. The number of rotatable bonds is 3. The molecule has 1 aliphatic rings. The van der Waals surface area contributed by atoms with E-state index in [2.05, 4.69) is 18.8 Å². The Morgan fingerprint density at radius 3 is 2.65 bits per heavy atom. The normalized spacial score (nSPS) is 16.7. The average molecular weight is 233 g/mol. The van der Waals surface area contributed by atoms with Crippen LogP contribution in [0.4, 0.5) is 0 Å². The Bertz CT molecular complexity index is 483. The van der Waals surface area contributed by atoms with Crippen molar-refractivity contribution >= 4 is 5.78 Å². The Morgan fingerprint density at radius 2 is 2.12 bits per heavy atom. The maximum absolute atomic E-state index is 12.3. The molecular weight excluding hydrogens is 214 g/mol. The van der Waals surface area contributed by atoms with E-state index in [1.165, 1.54) is 0 Å². The van der Waals surface area contributed by atoms with E-state index in [0.717, 1.165) is 35.8 Å².